The Balaban J connectivity index is 1.36. The Labute approximate surface area is 208 Å². The molecule has 4 rings (SSSR count). The number of benzene rings is 1. The Morgan fingerprint density at radius 2 is 2.03 bits per heavy atom. The summed E-state index contributed by atoms with van der Waals surface area (Å²) < 4.78 is 25.3. The molecule has 1 unspecified atom stereocenters. The SMILES string of the molecule is CCC[C@@H](C(=O)OP(N)(=O)OC[C@H]1C=C[C@@H](n2cnc3c(N)ncnc32)C1)N(OC)c1ccccc1. The summed E-state index contributed by atoms with van der Waals surface area (Å²) in [6.45, 7) is 1.94. The molecule has 2 heterocycles. The smallest absolute Gasteiger partial charge is 0.382 e. The number of fused-ring (bicyclic) bond motifs is 1. The lowest BCUT2D eigenvalue weighted by molar-refractivity contribution is -0.138. The quantitative estimate of drug-likeness (QED) is 0.219. The van der Waals surface area contributed by atoms with E-state index in [-0.39, 0.29) is 18.6 Å². The number of nitrogen functional groups attached to an aromatic ring is 1. The number of aromatic nitrogens is 4. The van der Waals surface area contributed by atoms with Gasteiger partial charge in [0.1, 0.15) is 11.8 Å². The summed E-state index contributed by atoms with van der Waals surface area (Å²) in [5.74, 6) is -0.573. The number of hydrogen-bond acceptors (Lipinski definition) is 10. The van der Waals surface area contributed by atoms with Gasteiger partial charge >= 0.3 is 13.7 Å². The lowest BCUT2D eigenvalue weighted by Gasteiger charge is -2.30. The van der Waals surface area contributed by atoms with Gasteiger partial charge in [-0.3, -0.25) is 9.36 Å². The van der Waals surface area contributed by atoms with Crippen LogP contribution >= 0.6 is 7.75 Å². The number of para-hydroxylation sites is 1. The summed E-state index contributed by atoms with van der Waals surface area (Å²) >= 11 is 0. The fraction of sp³-hybridized carbons (Fsp3) is 0.391. The van der Waals surface area contributed by atoms with Gasteiger partial charge in [0, 0.05) is 5.92 Å². The predicted molar refractivity (Wildman–Crippen MR) is 134 cm³/mol. The van der Waals surface area contributed by atoms with E-state index in [2.05, 4.69) is 15.0 Å². The molecule has 0 fully saturated rings. The average molecular weight is 516 g/mol. The standard InChI is InChI=1S/C23H30N7O5P/c1-3-7-19(30(33-2)17-8-5-4-6-9-17)23(31)35-36(25,32)34-13-16-10-11-18(12-16)29-15-28-20-21(24)26-14-27-22(20)29/h4-6,8-11,14-16,18-19H,3,7,12-13H2,1-2H3,(H2,25,32)(H2,24,26,27)/t16-,18+,19-,36?/m0/s1. The van der Waals surface area contributed by atoms with Crippen LogP contribution < -0.4 is 16.3 Å². The first-order valence-corrected chi connectivity index (χ1v) is 13.2. The second-order valence-corrected chi connectivity index (χ2v) is 9.95. The van der Waals surface area contributed by atoms with Crippen LogP contribution in [0.4, 0.5) is 11.5 Å². The highest BCUT2D eigenvalue weighted by Gasteiger charge is 2.34. The molecule has 0 bridgehead atoms. The maximum atomic E-state index is 13.0. The Morgan fingerprint density at radius 3 is 2.75 bits per heavy atom. The van der Waals surface area contributed by atoms with Gasteiger partial charge in [0.2, 0.25) is 0 Å². The maximum absolute atomic E-state index is 13.0. The van der Waals surface area contributed by atoms with Crippen molar-refractivity contribution >= 4 is 36.4 Å². The van der Waals surface area contributed by atoms with Crippen LogP contribution in [0.1, 0.15) is 32.2 Å². The number of carbonyl (C=O) groups is 1. The van der Waals surface area contributed by atoms with Crippen molar-refractivity contribution < 1.29 is 23.2 Å². The van der Waals surface area contributed by atoms with E-state index in [1.807, 2.05) is 41.8 Å². The molecule has 0 saturated carbocycles. The molecule has 4 atom stereocenters. The highest BCUT2D eigenvalue weighted by atomic mass is 31.2. The molecule has 0 amide bonds. The first kappa shape index (κ1) is 25.8. The van der Waals surface area contributed by atoms with Gasteiger partial charge in [-0.05, 0) is 25.0 Å². The second-order valence-electron chi connectivity index (χ2n) is 8.43. The van der Waals surface area contributed by atoms with E-state index in [4.69, 9.17) is 25.1 Å². The summed E-state index contributed by atoms with van der Waals surface area (Å²) in [4.78, 5) is 30.9. The number of anilines is 2. The van der Waals surface area contributed by atoms with E-state index in [0.717, 1.165) is 0 Å². The van der Waals surface area contributed by atoms with E-state index >= 15 is 0 Å². The Kier molecular flexibility index (Phi) is 8.00. The molecule has 2 aromatic heterocycles. The third-order valence-electron chi connectivity index (χ3n) is 5.90. The molecule has 0 aliphatic heterocycles. The van der Waals surface area contributed by atoms with Gasteiger partial charge in [-0.15, -0.1) is 0 Å². The monoisotopic (exact) mass is 515 g/mol. The van der Waals surface area contributed by atoms with Crippen molar-refractivity contribution in [2.24, 2.45) is 11.4 Å². The van der Waals surface area contributed by atoms with Gasteiger partial charge in [0.15, 0.2) is 17.5 Å². The van der Waals surface area contributed by atoms with Crippen molar-refractivity contribution in [3.05, 3.63) is 55.1 Å². The molecule has 0 saturated heterocycles. The summed E-state index contributed by atoms with van der Waals surface area (Å²) in [5, 5.41) is 1.42. The predicted octanol–water partition coefficient (Wildman–Crippen LogP) is 3.39. The zero-order valence-electron chi connectivity index (χ0n) is 20.1. The van der Waals surface area contributed by atoms with Crippen LogP contribution in [0, 0.1) is 5.92 Å². The van der Waals surface area contributed by atoms with Crippen LogP contribution in [0.25, 0.3) is 11.2 Å². The number of hydrogen-bond donors (Lipinski definition) is 2. The summed E-state index contributed by atoms with van der Waals surface area (Å²) in [6, 6.07) is 8.20. The summed E-state index contributed by atoms with van der Waals surface area (Å²) in [5.41, 5.74) is 13.5. The van der Waals surface area contributed by atoms with Gasteiger partial charge in [-0.25, -0.2) is 34.9 Å². The van der Waals surface area contributed by atoms with Crippen LogP contribution in [0.5, 0.6) is 0 Å². The number of nitrogens with zero attached hydrogens (tertiary/aromatic N) is 5. The Morgan fingerprint density at radius 1 is 1.25 bits per heavy atom. The number of hydroxylamine groups is 1. The van der Waals surface area contributed by atoms with Crippen molar-refractivity contribution in [3.63, 3.8) is 0 Å². The Bertz CT molecular complexity index is 1270. The van der Waals surface area contributed by atoms with Crippen LogP contribution in [-0.2, 0) is 23.2 Å². The summed E-state index contributed by atoms with van der Waals surface area (Å²) in [7, 11) is -2.72. The largest absolute Gasteiger partial charge is 0.458 e. The topological polar surface area (TPSA) is 161 Å². The number of nitrogens with two attached hydrogens (primary N) is 2. The van der Waals surface area contributed by atoms with Crippen molar-refractivity contribution in [2.45, 2.75) is 38.3 Å². The molecular formula is C23H30N7O5P. The average Bonchev–Trinajstić information content (AvgIpc) is 3.51. The van der Waals surface area contributed by atoms with E-state index in [9.17, 15) is 9.36 Å². The van der Waals surface area contributed by atoms with Crippen LogP contribution in [-0.4, -0.2) is 45.2 Å². The van der Waals surface area contributed by atoms with E-state index in [0.29, 0.717) is 41.9 Å². The fourth-order valence-corrected chi connectivity index (χ4v) is 5.02. The number of allylic oxidation sites excluding steroid dienone is 1. The zero-order valence-corrected chi connectivity index (χ0v) is 21.0. The molecule has 1 aromatic carbocycles. The van der Waals surface area contributed by atoms with Crippen LogP contribution in [0.15, 0.2) is 55.1 Å². The Hall–Kier alpha value is -3.31. The van der Waals surface area contributed by atoms with Gasteiger partial charge in [-0.1, -0.05) is 43.7 Å². The highest BCUT2D eigenvalue weighted by Crippen LogP contribution is 2.42. The van der Waals surface area contributed by atoms with Crippen molar-refractivity contribution in [3.8, 4) is 0 Å². The second kappa shape index (κ2) is 11.2. The molecule has 13 heteroatoms. The summed E-state index contributed by atoms with van der Waals surface area (Å²) in [6.07, 6.45) is 8.66. The first-order chi connectivity index (χ1) is 17.3. The normalized spacial score (nSPS) is 19.8. The first-order valence-electron chi connectivity index (χ1n) is 11.6. The van der Waals surface area contributed by atoms with E-state index in [1.165, 1.54) is 18.5 Å². The van der Waals surface area contributed by atoms with E-state index < -0.39 is 19.8 Å². The van der Waals surface area contributed by atoms with Crippen molar-refractivity contribution in [2.75, 3.05) is 24.5 Å². The minimum Gasteiger partial charge on any atom is -0.382 e. The minimum atomic E-state index is -4.17. The van der Waals surface area contributed by atoms with Gasteiger partial charge in [0.05, 0.1) is 31.8 Å². The molecule has 12 nitrogen and oxygen atoms in total. The molecule has 1 aliphatic rings. The lowest BCUT2D eigenvalue weighted by atomic mass is 10.1. The zero-order chi connectivity index (χ0) is 25.7. The van der Waals surface area contributed by atoms with Crippen LogP contribution in [0.2, 0.25) is 0 Å². The van der Waals surface area contributed by atoms with Crippen molar-refractivity contribution in [1.82, 2.24) is 19.5 Å². The number of rotatable bonds is 11. The molecule has 4 N–H and O–H groups in total. The maximum Gasteiger partial charge on any atom is 0.458 e. The molecule has 3 aromatic rings. The highest BCUT2D eigenvalue weighted by molar-refractivity contribution is 7.51. The van der Waals surface area contributed by atoms with Gasteiger partial charge in [-0.2, -0.15) is 0 Å². The van der Waals surface area contributed by atoms with Gasteiger partial charge < -0.3 is 14.8 Å². The third kappa shape index (κ3) is 5.73. The third-order valence-corrected chi connectivity index (χ3v) is 6.85. The fourth-order valence-electron chi connectivity index (χ4n) is 4.20. The molecule has 0 radical (unpaired) electrons. The molecule has 0 spiro atoms. The molecular weight excluding hydrogens is 485 g/mol. The lowest BCUT2D eigenvalue weighted by Crippen LogP contribution is -2.41. The molecule has 1 aliphatic carbocycles. The van der Waals surface area contributed by atoms with E-state index in [1.54, 1.807) is 18.5 Å². The minimum absolute atomic E-state index is 0.0168. The molecule has 192 valence electrons. The number of carbonyl (C=O) groups excluding carboxylic acids is 1. The van der Waals surface area contributed by atoms with Gasteiger partial charge in [0.25, 0.3) is 0 Å². The van der Waals surface area contributed by atoms with Crippen molar-refractivity contribution in [1.29, 1.82) is 0 Å². The number of imidazole rings is 1. The van der Waals surface area contributed by atoms with Crippen LogP contribution in [0.3, 0.4) is 0 Å². The molecule has 36 heavy (non-hydrogen) atoms.